The summed E-state index contributed by atoms with van der Waals surface area (Å²) in [5.41, 5.74) is 1.87. The molecule has 0 saturated heterocycles. The molecule has 8 heteroatoms. The maximum atomic E-state index is 9.43. The molecule has 0 atom stereocenters. The topological polar surface area (TPSA) is 84.9 Å². The fraction of sp³-hybridized carbons (Fsp3) is 0.600. The van der Waals surface area contributed by atoms with Crippen molar-refractivity contribution in [2.75, 3.05) is 0 Å². The van der Waals surface area contributed by atoms with Gasteiger partial charge >= 0.3 is 0 Å². The lowest BCUT2D eigenvalue weighted by molar-refractivity contribution is -0.0984. The minimum absolute atomic E-state index is 0.172. The predicted molar refractivity (Wildman–Crippen MR) is 61.4 cm³/mol. The van der Waals surface area contributed by atoms with Gasteiger partial charge in [0.15, 0.2) is 5.82 Å². The average molecular weight is 249 g/mol. The molecule has 2 aromatic rings. The highest BCUT2D eigenvalue weighted by molar-refractivity contribution is 5.45. The van der Waals surface area contributed by atoms with Crippen LogP contribution in [0, 0.1) is 0 Å². The molecule has 3 rings (SSSR count). The number of tetrazole rings is 1. The Morgan fingerprint density at radius 3 is 2.67 bits per heavy atom. The number of nitrogens with zero attached hydrogens (tertiary/aromatic N) is 7. The fourth-order valence-electron chi connectivity index (χ4n) is 2.05. The van der Waals surface area contributed by atoms with Gasteiger partial charge in [0, 0.05) is 7.05 Å². The van der Waals surface area contributed by atoms with Crippen molar-refractivity contribution in [3.63, 3.8) is 0 Å². The molecule has 1 N–H and O–H groups in total. The van der Waals surface area contributed by atoms with Crippen LogP contribution in [0.15, 0.2) is 0 Å². The molecular formula is C10H15N7O. The molecular weight excluding hydrogens is 234 g/mol. The molecule has 3 heterocycles. The van der Waals surface area contributed by atoms with Crippen LogP contribution in [0.25, 0.3) is 11.6 Å². The quantitative estimate of drug-likeness (QED) is 0.827. The number of fused-ring (bicyclic) bond motifs is 1. The zero-order valence-corrected chi connectivity index (χ0v) is 10.6. The molecule has 18 heavy (non-hydrogen) atoms. The Balaban J connectivity index is 2.00. The summed E-state index contributed by atoms with van der Waals surface area (Å²) < 4.78 is 1.91. The molecule has 1 aliphatic rings. The Hall–Kier alpha value is -1.80. The fourth-order valence-corrected chi connectivity index (χ4v) is 2.05. The van der Waals surface area contributed by atoms with Crippen LogP contribution in [0.4, 0.5) is 0 Å². The van der Waals surface area contributed by atoms with Crippen molar-refractivity contribution < 1.29 is 5.21 Å². The first kappa shape index (κ1) is 11.3. The Morgan fingerprint density at radius 1 is 1.28 bits per heavy atom. The largest absolute Gasteiger partial charge is 0.327 e. The monoisotopic (exact) mass is 249 g/mol. The zero-order valence-electron chi connectivity index (χ0n) is 10.6. The molecule has 0 fully saturated rings. The van der Waals surface area contributed by atoms with Crippen molar-refractivity contribution in [2.45, 2.75) is 33.0 Å². The predicted octanol–water partition coefficient (Wildman–Crippen LogP) is 0.359. The number of hydroxylamine groups is 2. The third kappa shape index (κ3) is 1.61. The third-order valence-corrected chi connectivity index (χ3v) is 3.05. The molecule has 0 saturated carbocycles. The number of hydrogen-bond acceptors (Lipinski definition) is 6. The normalized spacial score (nSPS) is 15.6. The van der Waals surface area contributed by atoms with Crippen LogP contribution in [0.5, 0.6) is 0 Å². The molecule has 0 aromatic carbocycles. The van der Waals surface area contributed by atoms with E-state index in [0.717, 1.165) is 11.4 Å². The van der Waals surface area contributed by atoms with Crippen LogP contribution in [0.2, 0.25) is 0 Å². The van der Waals surface area contributed by atoms with E-state index in [1.165, 1.54) is 5.06 Å². The van der Waals surface area contributed by atoms with E-state index in [0.29, 0.717) is 24.7 Å². The van der Waals surface area contributed by atoms with Crippen LogP contribution >= 0.6 is 0 Å². The van der Waals surface area contributed by atoms with Crippen molar-refractivity contribution in [1.82, 2.24) is 34.8 Å². The van der Waals surface area contributed by atoms with E-state index in [4.69, 9.17) is 0 Å². The average Bonchev–Trinajstić information content (AvgIpc) is 2.95. The van der Waals surface area contributed by atoms with Gasteiger partial charge in [-0.2, -0.15) is 9.86 Å². The summed E-state index contributed by atoms with van der Waals surface area (Å²) in [6.07, 6.45) is 0. The molecule has 8 nitrogen and oxygen atoms in total. The summed E-state index contributed by atoms with van der Waals surface area (Å²) in [5, 5.41) is 23.0. The third-order valence-electron chi connectivity index (χ3n) is 3.05. The summed E-state index contributed by atoms with van der Waals surface area (Å²) in [4.78, 5) is 6.03. The van der Waals surface area contributed by atoms with E-state index in [1.807, 2.05) is 25.5 Å². The van der Waals surface area contributed by atoms with Gasteiger partial charge in [-0.3, -0.25) is 0 Å². The lowest BCUT2D eigenvalue weighted by Crippen LogP contribution is -2.12. The van der Waals surface area contributed by atoms with Crippen molar-refractivity contribution >= 4 is 0 Å². The number of rotatable bonds is 2. The van der Waals surface area contributed by atoms with E-state index in [1.54, 1.807) is 4.80 Å². The van der Waals surface area contributed by atoms with E-state index < -0.39 is 0 Å². The van der Waals surface area contributed by atoms with Gasteiger partial charge in [0.1, 0.15) is 0 Å². The highest BCUT2D eigenvalue weighted by atomic mass is 16.5. The lowest BCUT2D eigenvalue weighted by Gasteiger charge is -2.05. The molecule has 0 spiro atoms. The second-order valence-corrected chi connectivity index (χ2v) is 4.74. The minimum atomic E-state index is 0.172. The van der Waals surface area contributed by atoms with Crippen molar-refractivity contribution in [3.8, 4) is 11.6 Å². The molecule has 0 unspecified atom stereocenters. The first-order valence-electron chi connectivity index (χ1n) is 5.84. The first-order valence-corrected chi connectivity index (χ1v) is 5.84. The van der Waals surface area contributed by atoms with Crippen LogP contribution in [0.3, 0.4) is 0 Å². The standard InChI is InChI=1S/C10H15N7O/c1-6(2)17-13-9(12-14-17)10-11-7-4-16(18)5-8(7)15(10)3/h6,18H,4-5H2,1-3H3. The highest BCUT2D eigenvalue weighted by Gasteiger charge is 2.26. The Labute approximate surface area is 104 Å². The Bertz CT molecular complexity index is 585. The highest BCUT2D eigenvalue weighted by Crippen LogP contribution is 2.25. The van der Waals surface area contributed by atoms with Gasteiger partial charge in [0.25, 0.3) is 0 Å². The molecule has 0 radical (unpaired) electrons. The van der Waals surface area contributed by atoms with Gasteiger partial charge in [0.05, 0.1) is 30.5 Å². The van der Waals surface area contributed by atoms with Crippen LogP contribution in [-0.4, -0.2) is 40.0 Å². The van der Waals surface area contributed by atoms with Crippen molar-refractivity contribution in [3.05, 3.63) is 11.4 Å². The molecule has 0 aliphatic carbocycles. The number of aromatic nitrogens is 6. The lowest BCUT2D eigenvalue weighted by atomic mass is 10.4. The molecule has 1 aliphatic heterocycles. The number of imidazole rings is 1. The van der Waals surface area contributed by atoms with Gasteiger partial charge in [0.2, 0.25) is 5.82 Å². The van der Waals surface area contributed by atoms with Crippen LogP contribution in [-0.2, 0) is 20.1 Å². The van der Waals surface area contributed by atoms with E-state index in [-0.39, 0.29) is 6.04 Å². The summed E-state index contributed by atoms with van der Waals surface area (Å²) in [6.45, 7) is 4.92. The van der Waals surface area contributed by atoms with Crippen molar-refractivity contribution in [2.24, 2.45) is 7.05 Å². The maximum Gasteiger partial charge on any atom is 0.240 e. The van der Waals surface area contributed by atoms with E-state index in [2.05, 4.69) is 20.4 Å². The smallest absolute Gasteiger partial charge is 0.240 e. The van der Waals surface area contributed by atoms with Gasteiger partial charge in [-0.1, -0.05) is 0 Å². The van der Waals surface area contributed by atoms with Crippen LogP contribution < -0.4 is 0 Å². The summed E-state index contributed by atoms with van der Waals surface area (Å²) in [7, 11) is 1.90. The summed E-state index contributed by atoms with van der Waals surface area (Å²) in [6, 6.07) is 0.172. The molecule has 96 valence electrons. The number of hydrogen-bond donors (Lipinski definition) is 1. The van der Waals surface area contributed by atoms with Gasteiger partial charge in [-0.15, -0.1) is 10.2 Å². The van der Waals surface area contributed by atoms with E-state index >= 15 is 0 Å². The summed E-state index contributed by atoms with van der Waals surface area (Å²) >= 11 is 0. The SMILES string of the molecule is CC(C)n1nnc(-c2nc3c(n2C)CN(O)C3)n1. The second-order valence-electron chi connectivity index (χ2n) is 4.74. The Kier molecular flexibility index (Phi) is 2.42. The maximum absolute atomic E-state index is 9.43. The zero-order chi connectivity index (χ0) is 12.9. The minimum Gasteiger partial charge on any atom is -0.327 e. The van der Waals surface area contributed by atoms with Gasteiger partial charge in [-0.05, 0) is 19.1 Å². The van der Waals surface area contributed by atoms with Gasteiger partial charge < -0.3 is 9.77 Å². The van der Waals surface area contributed by atoms with Gasteiger partial charge in [-0.25, -0.2) is 4.98 Å². The first-order chi connectivity index (χ1) is 8.56. The second kappa shape index (κ2) is 3.85. The molecule has 2 aromatic heterocycles. The molecule has 0 amide bonds. The molecule has 0 bridgehead atoms. The van der Waals surface area contributed by atoms with Crippen molar-refractivity contribution in [1.29, 1.82) is 0 Å². The summed E-state index contributed by atoms with van der Waals surface area (Å²) in [5.74, 6) is 1.21. The Morgan fingerprint density at radius 2 is 2.06 bits per heavy atom. The van der Waals surface area contributed by atoms with Crippen LogP contribution in [0.1, 0.15) is 31.3 Å². The van der Waals surface area contributed by atoms with E-state index in [9.17, 15) is 5.21 Å².